The van der Waals surface area contributed by atoms with Crippen LogP contribution in [0.25, 0.3) is 0 Å². The van der Waals surface area contributed by atoms with Crippen LogP contribution in [0.2, 0.25) is 0 Å². The molecule has 1 aromatic rings. The molecule has 0 bridgehead atoms. The lowest BCUT2D eigenvalue weighted by atomic mass is 9.93. The molecule has 118 valence electrons. The molecule has 0 radical (unpaired) electrons. The van der Waals surface area contributed by atoms with E-state index >= 15 is 0 Å². The van der Waals surface area contributed by atoms with Crippen LogP contribution in [0.1, 0.15) is 44.1 Å². The molecule has 0 aromatic heterocycles. The summed E-state index contributed by atoms with van der Waals surface area (Å²) in [6.07, 6.45) is 4.28. The van der Waals surface area contributed by atoms with E-state index in [2.05, 4.69) is 29.7 Å². The minimum Gasteiger partial charge on any atom is -0.356 e. The van der Waals surface area contributed by atoms with Crippen molar-refractivity contribution in [2.75, 3.05) is 19.6 Å². The number of carbonyl (C=O) groups is 1. The third kappa shape index (κ3) is 5.68. The molecular formula is C17H27ClN2O. The first-order valence-electron chi connectivity index (χ1n) is 7.84. The topological polar surface area (TPSA) is 41.1 Å². The highest BCUT2D eigenvalue weighted by atomic mass is 35.5. The summed E-state index contributed by atoms with van der Waals surface area (Å²) in [5.41, 5.74) is 1.13. The van der Waals surface area contributed by atoms with Gasteiger partial charge in [-0.3, -0.25) is 4.79 Å². The van der Waals surface area contributed by atoms with E-state index in [1.54, 1.807) is 0 Å². The van der Waals surface area contributed by atoms with Gasteiger partial charge < -0.3 is 10.6 Å². The first kappa shape index (κ1) is 18.0. The van der Waals surface area contributed by atoms with E-state index in [0.29, 0.717) is 0 Å². The van der Waals surface area contributed by atoms with Gasteiger partial charge in [0.05, 0.1) is 5.92 Å². The van der Waals surface area contributed by atoms with Gasteiger partial charge in [0.25, 0.3) is 0 Å². The molecular weight excluding hydrogens is 284 g/mol. The molecule has 2 N–H and O–H groups in total. The van der Waals surface area contributed by atoms with Crippen molar-refractivity contribution < 1.29 is 4.79 Å². The van der Waals surface area contributed by atoms with Crippen molar-refractivity contribution in [1.29, 1.82) is 0 Å². The van der Waals surface area contributed by atoms with Gasteiger partial charge in [0, 0.05) is 6.54 Å². The van der Waals surface area contributed by atoms with Gasteiger partial charge >= 0.3 is 0 Å². The normalized spacial score (nSPS) is 18.8. The Morgan fingerprint density at radius 3 is 2.76 bits per heavy atom. The zero-order valence-corrected chi connectivity index (χ0v) is 13.6. The summed E-state index contributed by atoms with van der Waals surface area (Å²) in [6.45, 7) is 5.17. The Labute approximate surface area is 134 Å². The maximum Gasteiger partial charge on any atom is 0.227 e. The van der Waals surface area contributed by atoms with E-state index in [0.717, 1.165) is 50.4 Å². The van der Waals surface area contributed by atoms with Gasteiger partial charge in [-0.1, -0.05) is 43.7 Å². The molecule has 0 spiro atoms. The van der Waals surface area contributed by atoms with E-state index in [4.69, 9.17) is 0 Å². The predicted molar refractivity (Wildman–Crippen MR) is 89.9 cm³/mol. The second-order valence-electron chi connectivity index (χ2n) is 5.69. The maximum absolute atomic E-state index is 12.4. The Morgan fingerprint density at radius 1 is 1.38 bits per heavy atom. The Morgan fingerprint density at radius 2 is 2.14 bits per heavy atom. The second-order valence-corrected chi connectivity index (χ2v) is 5.69. The second kappa shape index (κ2) is 9.80. The lowest BCUT2D eigenvalue weighted by molar-refractivity contribution is -0.122. The number of hydrogen-bond acceptors (Lipinski definition) is 2. The summed E-state index contributed by atoms with van der Waals surface area (Å²) >= 11 is 0. The minimum atomic E-state index is 0. The minimum absolute atomic E-state index is 0. The Balaban J connectivity index is 0.00000220. The SMILES string of the molecule is CCCC(C(=O)NCCC1CCNC1)c1ccccc1.Cl. The van der Waals surface area contributed by atoms with Gasteiger partial charge in [-0.15, -0.1) is 12.4 Å². The largest absolute Gasteiger partial charge is 0.356 e. The number of halogens is 1. The number of nitrogens with one attached hydrogen (secondary N) is 2. The summed E-state index contributed by atoms with van der Waals surface area (Å²) in [6, 6.07) is 10.1. The molecule has 1 heterocycles. The molecule has 3 nitrogen and oxygen atoms in total. The molecule has 1 amide bonds. The number of amides is 1. The van der Waals surface area contributed by atoms with Crippen LogP contribution in [0, 0.1) is 5.92 Å². The van der Waals surface area contributed by atoms with Gasteiger partial charge in [-0.05, 0) is 43.8 Å². The highest BCUT2D eigenvalue weighted by Gasteiger charge is 2.20. The van der Waals surface area contributed by atoms with E-state index in [9.17, 15) is 4.79 Å². The van der Waals surface area contributed by atoms with Crippen LogP contribution in [-0.2, 0) is 4.79 Å². The van der Waals surface area contributed by atoms with Gasteiger partial charge in [0.1, 0.15) is 0 Å². The molecule has 1 aliphatic rings. The highest BCUT2D eigenvalue weighted by molar-refractivity contribution is 5.85. The van der Waals surface area contributed by atoms with Crippen molar-refractivity contribution in [1.82, 2.24) is 10.6 Å². The Kier molecular flexibility index (Phi) is 8.40. The van der Waals surface area contributed by atoms with Crippen molar-refractivity contribution in [2.24, 2.45) is 5.92 Å². The van der Waals surface area contributed by atoms with Crippen molar-refractivity contribution in [3.8, 4) is 0 Å². The standard InChI is InChI=1S/C17H26N2O.ClH/c1-2-6-16(15-7-4-3-5-8-15)17(20)19-12-10-14-9-11-18-13-14;/h3-5,7-8,14,16,18H,2,6,9-13H2,1H3,(H,19,20);1H. The zero-order chi connectivity index (χ0) is 14.2. The molecule has 1 aliphatic heterocycles. The lowest BCUT2D eigenvalue weighted by Crippen LogP contribution is -2.31. The molecule has 2 atom stereocenters. The van der Waals surface area contributed by atoms with Crippen LogP contribution in [0.3, 0.4) is 0 Å². The van der Waals surface area contributed by atoms with Crippen molar-refractivity contribution in [3.05, 3.63) is 35.9 Å². The molecule has 1 fully saturated rings. The lowest BCUT2D eigenvalue weighted by Gasteiger charge is -2.17. The van der Waals surface area contributed by atoms with E-state index in [1.165, 1.54) is 6.42 Å². The van der Waals surface area contributed by atoms with Crippen LogP contribution >= 0.6 is 12.4 Å². The van der Waals surface area contributed by atoms with Crippen LogP contribution in [0.15, 0.2) is 30.3 Å². The van der Waals surface area contributed by atoms with Crippen LogP contribution in [0.4, 0.5) is 0 Å². The predicted octanol–water partition coefficient (Wildman–Crippen LogP) is 3.11. The molecule has 21 heavy (non-hydrogen) atoms. The Hall–Kier alpha value is -1.06. The summed E-state index contributed by atoms with van der Waals surface area (Å²) in [7, 11) is 0. The van der Waals surface area contributed by atoms with Crippen molar-refractivity contribution in [2.45, 2.75) is 38.5 Å². The fourth-order valence-electron chi connectivity index (χ4n) is 2.91. The highest BCUT2D eigenvalue weighted by Crippen LogP contribution is 2.21. The fraction of sp³-hybridized carbons (Fsp3) is 0.588. The van der Waals surface area contributed by atoms with Crippen LogP contribution in [-0.4, -0.2) is 25.5 Å². The molecule has 4 heteroatoms. The van der Waals surface area contributed by atoms with E-state index in [-0.39, 0.29) is 24.2 Å². The molecule has 1 saturated heterocycles. The van der Waals surface area contributed by atoms with Gasteiger partial charge in [0.15, 0.2) is 0 Å². The summed E-state index contributed by atoms with van der Waals surface area (Å²) in [5.74, 6) is 0.920. The average molecular weight is 311 g/mol. The summed E-state index contributed by atoms with van der Waals surface area (Å²) in [4.78, 5) is 12.4. The third-order valence-electron chi connectivity index (χ3n) is 4.11. The van der Waals surface area contributed by atoms with E-state index in [1.807, 2.05) is 18.2 Å². The average Bonchev–Trinajstić information content (AvgIpc) is 2.99. The van der Waals surface area contributed by atoms with Crippen molar-refractivity contribution >= 4 is 18.3 Å². The first-order chi connectivity index (χ1) is 9.81. The maximum atomic E-state index is 12.4. The van der Waals surface area contributed by atoms with Crippen LogP contribution in [0.5, 0.6) is 0 Å². The van der Waals surface area contributed by atoms with Crippen LogP contribution < -0.4 is 10.6 Å². The summed E-state index contributed by atoms with van der Waals surface area (Å²) < 4.78 is 0. The Bertz CT molecular complexity index is 405. The summed E-state index contributed by atoms with van der Waals surface area (Å²) in [5, 5.41) is 6.49. The van der Waals surface area contributed by atoms with Gasteiger partial charge in [-0.2, -0.15) is 0 Å². The molecule has 2 rings (SSSR count). The molecule has 0 saturated carbocycles. The quantitative estimate of drug-likeness (QED) is 0.812. The van der Waals surface area contributed by atoms with Gasteiger partial charge in [-0.25, -0.2) is 0 Å². The smallest absolute Gasteiger partial charge is 0.227 e. The third-order valence-corrected chi connectivity index (χ3v) is 4.11. The molecule has 0 aliphatic carbocycles. The zero-order valence-electron chi connectivity index (χ0n) is 12.8. The first-order valence-corrected chi connectivity index (χ1v) is 7.84. The number of rotatable bonds is 7. The monoisotopic (exact) mass is 310 g/mol. The fourth-order valence-corrected chi connectivity index (χ4v) is 2.91. The number of benzene rings is 1. The van der Waals surface area contributed by atoms with Gasteiger partial charge in [0.2, 0.25) is 5.91 Å². The number of carbonyl (C=O) groups excluding carboxylic acids is 1. The molecule has 2 unspecified atom stereocenters. The molecule has 1 aromatic carbocycles. The van der Waals surface area contributed by atoms with Crippen molar-refractivity contribution in [3.63, 3.8) is 0 Å². The van der Waals surface area contributed by atoms with E-state index < -0.39 is 0 Å². The number of hydrogen-bond donors (Lipinski definition) is 2.